The average Bonchev–Trinajstić information content (AvgIpc) is 3.19. The third-order valence-electron chi connectivity index (χ3n) is 4.59. The summed E-state index contributed by atoms with van der Waals surface area (Å²) in [7, 11) is 1.57. The first kappa shape index (κ1) is 19.3. The molecule has 0 fully saturated rings. The standard InChI is InChI=1S/C22H21N3O3S/c1-27-22-10-8-19(24-25-22)15-7-9-20-16(11-15)12-17(28-20)13-23-21(26)14-29-18-5-3-2-4-6-18/h2-11,17H,12-14H2,1H3,(H,23,26). The Morgan fingerprint density at radius 2 is 2.03 bits per heavy atom. The molecule has 0 spiro atoms. The van der Waals surface area contributed by atoms with Gasteiger partial charge in [0.25, 0.3) is 0 Å². The molecule has 1 aliphatic heterocycles. The van der Waals surface area contributed by atoms with E-state index >= 15 is 0 Å². The van der Waals surface area contributed by atoms with Crippen LogP contribution >= 0.6 is 11.8 Å². The quantitative estimate of drug-likeness (QED) is 0.606. The smallest absolute Gasteiger partial charge is 0.233 e. The monoisotopic (exact) mass is 407 g/mol. The minimum Gasteiger partial charge on any atom is -0.488 e. The number of ether oxygens (including phenoxy) is 2. The first-order valence-electron chi connectivity index (χ1n) is 9.33. The van der Waals surface area contributed by atoms with Crippen molar-refractivity contribution >= 4 is 17.7 Å². The second-order valence-electron chi connectivity index (χ2n) is 6.63. The van der Waals surface area contributed by atoms with Gasteiger partial charge in [-0.25, -0.2) is 0 Å². The highest BCUT2D eigenvalue weighted by Crippen LogP contribution is 2.32. The first-order chi connectivity index (χ1) is 14.2. The number of hydrogen-bond acceptors (Lipinski definition) is 6. The fourth-order valence-electron chi connectivity index (χ4n) is 3.12. The topological polar surface area (TPSA) is 73.3 Å². The number of amides is 1. The second-order valence-corrected chi connectivity index (χ2v) is 7.68. The van der Waals surface area contributed by atoms with Gasteiger partial charge in [-0.3, -0.25) is 4.79 Å². The number of carbonyl (C=O) groups is 1. The minimum atomic E-state index is -0.0622. The molecule has 2 heterocycles. The van der Waals surface area contributed by atoms with E-state index in [1.165, 1.54) is 11.8 Å². The molecular weight excluding hydrogens is 386 g/mol. The van der Waals surface area contributed by atoms with Crippen molar-refractivity contribution < 1.29 is 14.3 Å². The number of nitrogens with zero attached hydrogens (tertiary/aromatic N) is 2. The van der Waals surface area contributed by atoms with Crippen LogP contribution in [0, 0.1) is 0 Å². The van der Waals surface area contributed by atoms with Crippen molar-refractivity contribution in [2.75, 3.05) is 19.4 Å². The number of carbonyl (C=O) groups excluding carboxylic acids is 1. The molecule has 1 amide bonds. The maximum absolute atomic E-state index is 12.1. The molecule has 2 aromatic carbocycles. The van der Waals surface area contributed by atoms with Crippen LogP contribution in [0.4, 0.5) is 0 Å². The Hall–Kier alpha value is -3.06. The van der Waals surface area contributed by atoms with E-state index < -0.39 is 0 Å². The highest BCUT2D eigenvalue weighted by atomic mass is 32.2. The zero-order chi connectivity index (χ0) is 20.1. The summed E-state index contributed by atoms with van der Waals surface area (Å²) in [5.41, 5.74) is 2.87. The maximum atomic E-state index is 12.1. The van der Waals surface area contributed by atoms with E-state index in [2.05, 4.69) is 21.6 Å². The van der Waals surface area contributed by atoms with Crippen molar-refractivity contribution in [3.8, 4) is 22.9 Å². The molecule has 0 saturated carbocycles. The molecule has 6 nitrogen and oxygen atoms in total. The van der Waals surface area contributed by atoms with Gasteiger partial charge < -0.3 is 14.8 Å². The zero-order valence-corrected chi connectivity index (χ0v) is 16.8. The Morgan fingerprint density at radius 1 is 1.17 bits per heavy atom. The molecule has 0 aliphatic carbocycles. The van der Waals surface area contributed by atoms with E-state index in [4.69, 9.17) is 9.47 Å². The van der Waals surface area contributed by atoms with Crippen molar-refractivity contribution in [3.63, 3.8) is 0 Å². The second kappa shape index (κ2) is 8.96. The molecule has 4 rings (SSSR count). The van der Waals surface area contributed by atoms with Crippen molar-refractivity contribution in [2.24, 2.45) is 0 Å². The Bertz CT molecular complexity index is 980. The van der Waals surface area contributed by atoms with Crippen LogP contribution in [-0.2, 0) is 11.2 Å². The zero-order valence-electron chi connectivity index (χ0n) is 16.0. The number of rotatable bonds is 7. The number of methoxy groups -OCH3 is 1. The highest BCUT2D eigenvalue weighted by Gasteiger charge is 2.24. The number of aromatic nitrogens is 2. The first-order valence-corrected chi connectivity index (χ1v) is 10.3. The van der Waals surface area contributed by atoms with E-state index in [9.17, 15) is 4.79 Å². The molecule has 29 heavy (non-hydrogen) atoms. The van der Waals surface area contributed by atoms with Crippen LogP contribution < -0.4 is 14.8 Å². The molecule has 1 aromatic heterocycles. The molecular formula is C22H21N3O3S. The fourth-order valence-corrected chi connectivity index (χ4v) is 3.87. The van der Waals surface area contributed by atoms with Crippen LogP contribution in [0.5, 0.6) is 11.6 Å². The Labute approximate surface area is 173 Å². The molecule has 0 bridgehead atoms. The minimum absolute atomic E-state index is 0.00704. The van der Waals surface area contributed by atoms with Crippen molar-refractivity contribution in [1.29, 1.82) is 0 Å². The molecule has 3 aromatic rings. The summed E-state index contributed by atoms with van der Waals surface area (Å²) in [6, 6.07) is 19.6. The van der Waals surface area contributed by atoms with Gasteiger partial charge in [0.05, 0.1) is 25.1 Å². The Morgan fingerprint density at radius 3 is 2.79 bits per heavy atom. The fraction of sp³-hybridized carbons (Fsp3) is 0.227. The average molecular weight is 407 g/mol. The third kappa shape index (κ3) is 4.86. The molecule has 1 atom stereocenters. The lowest BCUT2D eigenvalue weighted by Gasteiger charge is -2.11. The molecule has 1 unspecified atom stereocenters. The van der Waals surface area contributed by atoms with Crippen LogP contribution in [0.3, 0.4) is 0 Å². The summed E-state index contributed by atoms with van der Waals surface area (Å²) in [6.07, 6.45) is 0.687. The molecule has 1 aliphatic rings. The van der Waals surface area contributed by atoms with Gasteiger partial charge in [0.2, 0.25) is 11.8 Å². The van der Waals surface area contributed by atoms with Crippen molar-refractivity contribution in [1.82, 2.24) is 15.5 Å². The van der Waals surface area contributed by atoms with Gasteiger partial charge in [-0.15, -0.1) is 22.0 Å². The molecule has 0 saturated heterocycles. The number of benzene rings is 2. The van der Waals surface area contributed by atoms with Crippen LogP contribution in [0.1, 0.15) is 5.56 Å². The van der Waals surface area contributed by atoms with Crippen molar-refractivity contribution in [3.05, 3.63) is 66.2 Å². The number of fused-ring (bicyclic) bond motifs is 1. The summed E-state index contributed by atoms with van der Waals surface area (Å²) < 4.78 is 11.0. The third-order valence-corrected chi connectivity index (χ3v) is 5.60. The van der Waals surface area contributed by atoms with E-state index in [-0.39, 0.29) is 12.0 Å². The van der Waals surface area contributed by atoms with Crippen LogP contribution in [0.25, 0.3) is 11.3 Å². The summed E-state index contributed by atoms with van der Waals surface area (Å²) in [6.45, 7) is 0.487. The largest absolute Gasteiger partial charge is 0.488 e. The van der Waals surface area contributed by atoms with Gasteiger partial charge >= 0.3 is 0 Å². The van der Waals surface area contributed by atoms with Crippen LogP contribution in [-0.4, -0.2) is 41.6 Å². The Balaban J connectivity index is 1.30. The summed E-state index contributed by atoms with van der Waals surface area (Å²) in [5, 5.41) is 11.2. The highest BCUT2D eigenvalue weighted by molar-refractivity contribution is 8.00. The number of nitrogens with one attached hydrogen (secondary N) is 1. The van der Waals surface area contributed by atoms with Crippen molar-refractivity contribution in [2.45, 2.75) is 17.4 Å². The van der Waals surface area contributed by atoms with Gasteiger partial charge in [-0.1, -0.05) is 18.2 Å². The maximum Gasteiger partial charge on any atom is 0.233 e. The van der Waals surface area contributed by atoms with Gasteiger partial charge in [-0.2, -0.15) is 0 Å². The molecule has 1 N–H and O–H groups in total. The van der Waals surface area contributed by atoms with E-state index in [1.807, 2.05) is 48.5 Å². The van der Waals surface area contributed by atoms with E-state index in [0.29, 0.717) is 18.2 Å². The predicted molar refractivity (Wildman–Crippen MR) is 112 cm³/mol. The molecule has 0 radical (unpaired) electrons. The summed E-state index contributed by atoms with van der Waals surface area (Å²) >= 11 is 1.53. The Kier molecular flexibility index (Phi) is 5.95. The van der Waals surface area contributed by atoms with Gasteiger partial charge in [0, 0.05) is 22.9 Å². The normalized spacial score (nSPS) is 14.7. The lowest BCUT2D eigenvalue weighted by Crippen LogP contribution is -2.35. The van der Waals surface area contributed by atoms with Crippen LogP contribution in [0.2, 0.25) is 0 Å². The van der Waals surface area contributed by atoms with Gasteiger partial charge in [-0.05, 0) is 42.0 Å². The molecule has 7 heteroatoms. The lowest BCUT2D eigenvalue weighted by molar-refractivity contribution is -0.118. The lowest BCUT2D eigenvalue weighted by atomic mass is 10.0. The number of thioether (sulfide) groups is 1. The van der Waals surface area contributed by atoms with Gasteiger partial charge in [0.15, 0.2) is 0 Å². The van der Waals surface area contributed by atoms with E-state index in [1.54, 1.807) is 13.2 Å². The summed E-state index contributed by atoms with van der Waals surface area (Å²) in [4.78, 5) is 13.2. The SMILES string of the molecule is COc1ccc(-c2ccc3c(c2)CC(CNC(=O)CSc2ccccc2)O3)nn1. The predicted octanol–water partition coefficient (Wildman–Crippen LogP) is 3.36. The number of hydrogen-bond donors (Lipinski definition) is 1. The van der Waals surface area contributed by atoms with Crippen LogP contribution in [0.15, 0.2) is 65.6 Å². The van der Waals surface area contributed by atoms with Gasteiger partial charge in [0.1, 0.15) is 11.9 Å². The molecule has 148 valence electrons. The van der Waals surface area contributed by atoms with E-state index in [0.717, 1.165) is 33.9 Å². The summed E-state index contributed by atoms with van der Waals surface area (Å²) in [5.74, 6) is 1.74.